The quantitative estimate of drug-likeness (QED) is 0.841. The summed E-state index contributed by atoms with van der Waals surface area (Å²) in [6.45, 7) is 3.39. The Balaban J connectivity index is 1.56. The molecule has 1 fully saturated rings. The van der Waals surface area contributed by atoms with Crippen molar-refractivity contribution >= 4 is 5.91 Å². The fourth-order valence-electron chi connectivity index (χ4n) is 3.20. The lowest BCUT2D eigenvalue weighted by atomic mass is 10.1. The molecule has 0 bridgehead atoms. The van der Waals surface area contributed by atoms with Gasteiger partial charge in [-0.05, 0) is 50.7 Å². The van der Waals surface area contributed by atoms with Crippen molar-refractivity contribution < 1.29 is 4.79 Å². The van der Waals surface area contributed by atoms with Gasteiger partial charge in [0.25, 0.3) is 5.91 Å². The normalized spacial score (nSPS) is 17.6. The van der Waals surface area contributed by atoms with Gasteiger partial charge in [-0.25, -0.2) is 0 Å². The lowest BCUT2D eigenvalue weighted by Gasteiger charge is -2.22. The zero-order valence-corrected chi connectivity index (χ0v) is 15.0. The first-order chi connectivity index (χ1) is 12.1. The molecule has 0 saturated carbocycles. The third-order valence-electron chi connectivity index (χ3n) is 4.43. The van der Waals surface area contributed by atoms with Crippen LogP contribution in [-0.4, -0.2) is 47.8 Å². The number of carbonyl (C=O) groups is 1. The van der Waals surface area contributed by atoms with Crippen molar-refractivity contribution in [2.75, 3.05) is 27.2 Å². The second-order valence-electron chi connectivity index (χ2n) is 6.92. The maximum Gasteiger partial charge on any atom is 0.272 e. The van der Waals surface area contributed by atoms with Gasteiger partial charge in [0.2, 0.25) is 0 Å². The van der Waals surface area contributed by atoms with Crippen molar-refractivity contribution in [1.82, 2.24) is 25.3 Å². The average molecular weight is 341 g/mol. The monoisotopic (exact) mass is 341 g/mol. The number of carbonyl (C=O) groups excluding carboxylic acids is 1. The molecule has 1 amide bonds. The lowest BCUT2D eigenvalue weighted by molar-refractivity contribution is 0.0944. The van der Waals surface area contributed by atoms with Crippen LogP contribution in [0.15, 0.2) is 36.5 Å². The first-order valence-electron chi connectivity index (χ1n) is 8.88. The summed E-state index contributed by atoms with van der Waals surface area (Å²) in [4.78, 5) is 14.5. The van der Waals surface area contributed by atoms with E-state index in [1.165, 1.54) is 5.56 Å². The fraction of sp³-hybridized carbons (Fsp3) is 0.474. The van der Waals surface area contributed by atoms with Crippen LogP contribution in [0.4, 0.5) is 0 Å². The van der Waals surface area contributed by atoms with Crippen molar-refractivity contribution in [2.24, 2.45) is 0 Å². The van der Waals surface area contributed by atoms with E-state index in [0.29, 0.717) is 18.3 Å². The highest BCUT2D eigenvalue weighted by molar-refractivity contribution is 5.92. The average Bonchev–Trinajstić information content (AvgIpc) is 3.10. The number of nitrogens with one attached hydrogen (secondary N) is 2. The van der Waals surface area contributed by atoms with Crippen LogP contribution in [0.1, 0.15) is 40.5 Å². The number of hydrogen-bond acceptors (Lipinski definition) is 4. The molecule has 1 atom stereocenters. The number of rotatable bonds is 6. The molecular formula is C19H27N5O. The topological polar surface area (TPSA) is 62.2 Å². The van der Waals surface area contributed by atoms with E-state index in [1.54, 1.807) is 6.07 Å². The van der Waals surface area contributed by atoms with Gasteiger partial charge >= 0.3 is 0 Å². The SMILES string of the molecule is CN(C)Cc1cccc(CNC(=O)c2ccn(C3CCCNC3)n2)c1. The first kappa shape index (κ1) is 17.6. The fourth-order valence-corrected chi connectivity index (χ4v) is 3.20. The predicted molar refractivity (Wildman–Crippen MR) is 98.4 cm³/mol. The molecule has 1 aromatic heterocycles. The third-order valence-corrected chi connectivity index (χ3v) is 4.43. The van der Waals surface area contributed by atoms with Gasteiger partial charge in [-0.1, -0.05) is 24.3 Å². The molecule has 1 aromatic carbocycles. The van der Waals surface area contributed by atoms with Crippen LogP contribution in [0.3, 0.4) is 0 Å². The molecule has 1 aliphatic heterocycles. The Labute approximate surface area is 149 Å². The van der Waals surface area contributed by atoms with Gasteiger partial charge in [0.1, 0.15) is 5.69 Å². The van der Waals surface area contributed by atoms with Gasteiger partial charge in [-0.3, -0.25) is 9.48 Å². The van der Waals surface area contributed by atoms with Gasteiger partial charge in [-0.15, -0.1) is 0 Å². The molecule has 1 aliphatic rings. The first-order valence-corrected chi connectivity index (χ1v) is 8.88. The van der Waals surface area contributed by atoms with Crippen LogP contribution in [0.25, 0.3) is 0 Å². The Morgan fingerprint density at radius 3 is 2.96 bits per heavy atom. The van der Waals surface area contributed by atoms with Crippen molar-refractivity contribution in [3.8, 4) is 0 Å². The van der Waals surface area contributed by atoms with Gasteiger partial charge in [0, 0.05) is 25.8 Å². The van der Waals surface area contributed by atoms with E-state index < -0.39 is 0 Å². The van der Waals surface area contributed by atoms with Crippen molar-refractivity contribution in [2.45, 2.75) is 32.0 Å². The molecule has 2 N–H and O–H groups in total. The molecule has 6 heteroatoms. The number of benzene rings is 1. The number of nitrogens with zero attached hydrogens (tertiary/aromatic N) is 3. The molecule has 2 heterocycles. The molecule has 25 heavy (non-hydrogen) atoms. The molecule has 0 spiro atoms. The summed E-state index contributed by atoms with van der Waals surface area (Å²) >= 11 is 0. The molecule has 134 valence electrons. The number of hydrogen-bond donors (Lipinski definition) is 2. The Bertz CT molecular complexity index is 703. The maximum absolute atomic E-state index is 12.4. The van der Waals surface area contributed by atoms with Crippen LogP contribution in [0.5, 0.6) is 0 Å². The molecule has 6 nitrogen and oxygen atoms in total. The van der Waals surface area contributed by atoms with E-state index >= 15 is 0 Å². The van der Waals surface area contributed by atoms with Gasteiger partial charge in [0.05, 0.1) is 6.04 Å². The Morgan fingerprint density at radius 1 is 1.36 bits per heavy atom. The van der Waals surface area contributed by atoms with E-state index in [-0.39, 0.29) is 5.91 Å². The number of aromatic nitrogens is 2. The van der Waals surface area contributed by atoms with Crippen molar-refractivity contribution in [1.29, 1.82) is 0 Å². The van der Waals surface area contributed by atoms with Crippen LogP contribution >= 0.6 is 0 Å². The Morgan fingerprint density at radius 2 is 2.20 bits per heavy atom. The van der Waals surface area contributed by atoms with Crippen LogP contribution in [-0.2, 0) is 13.1 Å². The third kappa shape index (κ3) is 4.90. The van der Waals surface area contributed by atoms with E-state index in [0.717, 1.165) is 38.0 Å². The van der Waals surface area contributed by atoms with E-state index in [9.17, 15) is 4.79 Å². The zero-order valence-electron chi connectivity index (χ0n) is 15.0. The zero-order chi connectivity index (χ0) is 17.6. The standard InChI is InChI=1S/C19H27N5O/c1-23(2)14-16-6-3-5-15(11-16)12-21-19(25)18-8-10-24(22-18)17-7-4-9-20-13-17/h3,5-6,8,10-11,17,20H,4,7,9,12-14H2,1-2H3,(H,21,25). The Kier molecular flexibility index (Phi) is 5.83. The highest BCUT2D eigenvalue weighted by Crippen LogP contribution is 2.15. The summed E-state index contributed by atoms with van der Waals surface area (Å²) < 4.78 is 1.92. The second kappa shape index (κ2) is 8.27. The van der Waals surface area contributed by atoms with Crippen molar-refractivity contribution in [3.63, 3.8) is 0 Å². The maximum atomic E-state index is 12.4. The molecule has 3 rings (SSSR count). The summed E-state index contributed by atoms with van der Waals surface area (Å²) in [6.07, 6.45) is 4.16. The van der Waals surface area contributed by atoms with E-state index in [1.807, 2.05) is 37.1 Å². The van der Waals surface area contributed by atoms with E-state index in [4.69, 9.17) is 0 Å². The molecular weight excluding hydrogens is 314 g/mol. The van der Waals surface area contributed by atoms with Gasteiger partial charge in [0.15, 0.2) is 0 Å². The summed E-state index contributed by atoms with van der Waals surface area (Å²) in [7, 11) is 4.10. The molecule has 0 aliphatic carbocycles. The minimum atomic E-state index is -0.125. The molecule has 0 radical (unpaired) electrons. The summed E-state index contributed by atoms with van der Waals surface area (Å²) in [5.41, 5.74) is 2.82. The van der Waals surface area contributed by atoms with Gasteiger partial charge < -0.3 is 15.5 Å². The summed E-state index contributed by atoms with van der Waals surface area (Å²) in [5, 5.41) is 10.8. The smallest absolute Gasteiger partial charge is 0.272 e. The van der Waals surface area contributed by atoms with Crippen LogP contribution < -0.4 is 10.6 Å². The Hall–Kier alpha value is -2.18. The van der Waals surface area contributed by atoms with Crippen molar-refractivity contribution in [3.05, 3.63) is 53.3 Å². The minimum absolute atomic E-state index is 0.125. The predicted octanol–water partition coefficient (Wildman–Crippen LogP) is 1.80. The highest BCUT2D eigenvalue weighted by atomic mass is 16.1. The summed E-state index contributed by atoms with van der Waals surface area (Å²) in [5.74, 6) is -0.125. The molecule has 1 saturated heterocycles. The highest BCUT2D eigenvalue weighted by Gasteiger charge is 2.17. The number of piperidine rings is 1. The van der Waals surface area contributed by atoms with E-state index in [2.05, 4.69) is 32.8 Å². The molecule has 1 unspecified atom stereocenters. The van der Waals surface area contributed by atoms with Crippen LogP contribution in [0.2, 0.25) is 0 Å². The molecule has 2 aromatic rings. The van der Waals surface area contributed by atoms with Crippen LogP contribution in [0, 0.1) is 0 Å². The second-order valence-corrected chi connectivity index (χ2v) is 6.92. The summed E-state index contributed by atoms with van der Waals surface area (Å²) in [6, 6.07) is 10.4. The lowest BCUT2D eigenvalue weighted by Crippen LogP contribution is -2.32. The number of amides is 1. The minimum Gasteiger partial charge on any atom is -0.347 e. The van der Waals surface area contributed by atoms with Gasteiger partial charge in [-0.2, -0.15) is 5.10 Å². The largest absolute Gasteiger partial charge is 0.347 e.